The lowest BCUT2D eigenvalue weighted by atomic mass is 9.95. The summed E-state index contributed by atoms with van der Waals surface area (Å²) in [4.78, 5) is 31.1. The maximum atomic E-state index is 13.3. The van der Waals surface area contributed by atoms with Crippen molar-refractivity contribution in [2.45, 2.75) is 32.6 Å². The number of hydrogen-bond acceptors (Lipinski definition) is 6. The van der Waals surface area contributed by atoms with Crippen molar-refractivity contribution in [3.8, 4) is 5.75 Å². The number of carbonyl (C=O) groups is 2. The minimum absolute atomic E-state index is 0.156. The van der Waals surface area contributed by atoms with E-state index in [2.05, 4.69) is 37.2 Å². The highest BCUT2D eigenvalue weighted by Crippen LogP contribution is 2.41. The lowest BCUT2D eigenvalue weighted by Crippen LogP contribution is -2.15. The highest BCUT2D eigenvalue weighted by Gasteiger charge is 2.25. The van der Waals surface area contributed by atoms with Crippen molar-refractivity contribution in [2.75, 3.05) is 18.5 Å². The quantitative estimate of drug-likeness (QED) is 0.216. The number of amides is 1. The summed E-state index contributed by atoms with van der Waals surface area (Å²) in [7, 11) is 0. The van der Waals surface area contributed by atoms with Gasteiger partial charge in [0.2, 0.25) is 0 Å². The van der Waals surface area contributed by atoms with Crippen LogP contribution in [0.5, 0.6) is 5.75 Å². The number of hydrogen-bond donors (Lipinski definition) is 1. The van der Waals surface area contributed by atoms with E-state index in [1.54, 1.807) is 24.5 Å². The number of nitrogens with one attached hydrogen (secondary N) is 1. The Morgan fingerprint density at radius 1 is 1.14 bits per heavy atom. The average Bonchev–Trinajstić information content (AvgIpc) is 3.21. The maximum Gasteiger partial charge on any atom is 0.344 e. The van der Waals surface area contributed by atoms with Crippen molar-refractivity contribution in [1.29, 1.82) is 0 Å². The van der Waals surface area contributed by atoms with Gasteiger partial charge in [0.15, 0.2) is 6.61 Å². The fourth-order valence-electron chi connectivity index (χ4n) is 3.88. The van der Waals surface area contributed by atoms with Crippen molar-refractivity contribution in [3.05, 3.63) is 73.0 Å². The number of ether oxygens (including phenoxy) is 2. The van der Waals surface area contributed by atoms with E-state index in [1.165, 1.54) is 4.88 Å². The van der Waals surface area contributed by atoms with Gasteiger partial charge >= 0.3 is 5.97 Å². The van der Waals surface area contributed by atoms with Gasteiger partial charge in [-0.15, -0.1) is 11.3 Å². The van der Waals surface area contributed by atoms with Crippen LogP contribution in [0.3, 0.4) is 0 Å². The first-order valence-corrected chi connectivity index (χ1v) is 13.7. The molecular weight excluding hydrogens is 596 g/mol. The first-order chi connectivity index (χ1) is 17.0. The number of para-hydroxylation sites is 1. The molecule has 4 rings (SSSR count). The highest BCUT2D eigenvalue weighted by molar-refractivity contribution is 9.11. The molecule has 0 saturated heterocycles. The van der Waals surface area contributed by atoms with Crippen LogP contribution in [-0.2, 0) is 22.4 Å². The second kappa shape index (κ2) is 12.0. The van der Waals surface area contributed by atoms with Crippen molar-refractivity contribution in [2.24, 2.45) is 4.99 Å². The van der Waals surface area contributed by atoms with Gasteiger partial charge in [-0.3, -0.25) is 4.79 Å². The van der Waals surface area contributed by atoms with Gasteiger partial charge in [0.1, 0.15) is 10.8 Å². The number of aryl methyl sites for hydroxylation is 1. The minimum atomic E-state index is -0.448. The molecular formula is C26H24Br2N2O4S. The lowest BCUT2D eigenvalue weighted by molar-refractivity contribution is -0.145. The van der Waals surface area contributed by atoms with Gasteiger partial charge in [-0.25, -0.2) is 9.79 Å². The topological polar surface area (TPSA) is 77.0 Å². The number of nitrogens with zero attached hydrogens (tertiary/aromatic N) is 1. The fourth-order valence-corrected chi connectivity index (χ4v) is 6.49. The predicted molar refractivity (Wildman–Crippen MR) is 147 cm³/mol. The first kappa shape index (κ1) is 25.6. The van der Waals surface area contributed by atoms with Crippen molar-refractivity contribution in [3.63, 3.8) is 0 Å². The van der Waals surface area contributed by atoms with Crippen LogP contribution in [0.2, 0.25) is 0 Å². The molecule has 1 aliphatic carbocycles. The van der Waals surface area contributed by atoms with Crippen LogP contribution in [0.1, 0.15) is 46.1 Å². The van der Waals surface area contributed by atoms with Crippen LogP contribution < -0.4 is 10.1 Å². The lowest BCUT2D eigenvalue weighted by Gasteiger charge is -2.13. The molecule has 1 aliphatic rings. The second-order valence-corrected chi connectivity index (χ2v) is 10.7. The Labute approximate surface area is 225 Å². The molecule has 182 valence electrons. The van der Waals surface area contributed by atoms with Gasteiger partial charge < -0.3 is 14.8 Å². The zero-order valence-corrected chi connectivity index (χ0v) is 23.1. The van der Waals surface area contributed by atoms with Gasteiger partial charge in [0.25, 0.3) is 5.91 Å². The Morgan fingerprint density at radius 3 is 2.69 bits per heavy atom. The largest absolute Gasteiger partial charge is 0.480 e. The Balaban J connectivity index is 1.67. The van der Waals surface area contributed by atoms with Crippen molar-refractivity contribution < 1.29 is 19.1 Å². The number of esters is 1. The molecule has 0 unspecified atom stereocenters. The summed E-state index contributed by atoms with van der Waals surface area (Å²) in [6, 6.07) is 13.1. The predicted octanol–water partition coefficient (Wildman–Crippen LogP) is 7.10. The van der Waals surface area contributed by atoms with Crippen LogP contribution in [0.4, 0.5) is 10.7 Å². The average molecular weight is 620 g/mol. The van der Waals surface area contributed by atoms with E-state index < -0.39 is 5.97 Å². The van der Waals surface area contributed by atoms with Crippen LogP contribution >= 0.6 is 43.2 Å². The Bertz CT molecular complexity index is 1260. The van der Waals surface area contributed by atoms with E-state index in [0.29, 0.717) is 26.4 Å². The molecule has 1 N–H and O–H groups in total. The summed E-state index contributed by atoms with van der Waals surface area (Å²) in [6.07, 6.45) is 5.67. The number of rotatable bonds is 8. The monoisotopic (exact) mass is 618 g/mol. The zero-order chi connectivity index (χ0) is 24.8. The maximum absolute atomic E-state index is 13.3. The molecule has 3 aromatic rings. The number of halogens is 2. The molecule has 2 aromatic carbocycles. The number of thiophene rings is 1. The van der Waals surface area contributed by atoms with E-state index in [1.807, 2.05) is 42.5 Å². The molecule has 6 nitrogen and oxygen atoms in total. The number of anilines is 1. The molecule has 0 spiro atoms. The molecule has 0 atom stereocenters. The van der Waals surface area contributed by atoms with Crippen LogP contribution in [0, 0.1) is 0 Å². The van der Waals surface area contributed by atoms with E-state index in [4.69, 9.17) is 14.5 Å². The molecule has 0 fully saturated rings. The van der Waals surface area contributed by atoms with Gasteiger partial charge in [-0.2, -0.15) is 0 Å². The van der Waals surface area contributed by atoms with Crippen molar-refractivity contribution >= 4 is 72.0 Å². The third-order valence-electron chi connectivity index (χ3n) is 5.41. The fraction of sp³-hybridized carbons (Fsp3) is 0.269. The molecule has 35 heavy (non-hydrogen) atoms. The van der Waals surface area contributed by atoms with E-state index >= 15 is 0 Å². The van der Waals surface area contributed by atoms with E-state index in [9.17, 15) is 9.59 Å². The van der Waals surface area contributed by atoms with Crippen molar-refractivity contribution in [1.82, 2.24) is 0 Å². The summed E-state index contributed by atoms with van der Waals surface area (Å²) in [5.41, 5.74) is 3.13. The Hall–Kier alpha value is -2.49. The van der Waals surface area contributed by atoms with Gasteiger partial charge in [0, 0.05) is 26.8 Å². The van der Waals surface area contributed by atoms with Gasteiger partial charge in [-0.1, -0.05) is 34.1 Å². The zero-order valence-electron chi connectivity index (χ0n) is 19.1. The summed E-state index contributed by atoms with van der Waals surface area (Å²) in [6.45, 7) is 1.82. The van der Waals surface area contributed by atoms with Crippen LogP contribution in [0.15, 0.2) is 56.4 Å². The Kier molecular flexibility index (Phi) is 8.75. The summed E-state index contributed by atoms with van der Waals surface area (Å²) in [5.74, 6) is -0.130. The number of aliphatic imine (C=N–C) groups is 1. The molecule has 0 bridgehead atoms. The normalized spacial score (nSPS) is 12.9. The second-order valence-electron chi connectivity index (χ2n) is 7.87. The van der Waals surface area contributed by atoms with E-state index in [0.717, 1.165) is 41.4 Å². The molecule has 9 heteroatoms. The van der Waals surface area contributed by atoms with E-state index in [-0.39, 0.29) is 19.1 Å². The van der Waals surface area contributed by atoms with Gasteiger partial charge in [0.05, 0.1) is 16.6 Å². The summed E-state index contributed by atoms with van der Waals surface area (Å²) in [5, 5.41) is 3.67. The summed E-state index contributed by atoms with van der Waals surface area (Å²) >= 11 is 8.57. The van der Waals surface area contributed by atoms with Crippen LogP contribution in [-0.4, -0.2) is 31.3 Å². The van der Waals surface area contributed by atoms with Crippen LogP contribution in [0.25, 0.3) is 0 Å². The third-order valence-corrected chi connectivity index (χ3v) is 7.66. The third kappa shape index (κ3) is 6.39. The molecule has 1 heterocycles. The first-order valence-electron chi connectivity index (χ1n) is 11.3. The van der Waals surface area contributed by atoms with Gasteiger partial charge in [-0.05, 0) is 78.4 Å². The summed E-state index contributed by atoms with van der Waals surface area (Å²) < 4.78 is 12.2. The number of fused-ring (bicyclic) bond motifs is 1. The molecule has 0 saturated carbocycles. The molecule has 0 radical (unpaired) electrons. The standard InChI is InChI=1S/C26H24Br2N2O4S/c1-2-33-22(31)15-34-24-16(12-17(27)13-20(24)28)14-29-26-23(19-10-6-7-11-21(19)35-26)25(32)30-18-8-4-3-5-9-18/h3-5,8-9,12-14H,2,6-7,10-11,15H2,1H3,(H,30,32). The number of carbonyl (C=O) groups excluding carboxylic acids is 2. The SMILES string of the molecule is CCOC(=O)COc1c(Br)cc(Br)cc1C=Nc1sc2c(c1C(=O)Nc1ccccc1)CCCC2. The highest BCUT2D eigenvalue weighted by atomic mass is 79.9. The number of benzene rings is 2. The minimum Gasteiger partial charge on any atom is -0.480 e. The molecule has 1 aromatic heterocycles. The Morgan fingerprint density at radius 2 is 1.91 bits per heavy atom. The molecule has 1 amide bonds. The smallest absolute Gasteiger partial charge is 0.344 e. The molecule has 0 aliphatic heterocycles.